The van der Waals surface area contributed by atoms with Gasteiger partial charge in [0.05, 0.1) is 0 Å². The maximum absolute atomic E-state index is 11.0. The van der Waals surface area contributed by atoms with Crippen molar-refractivity contribution in [2.45, 2.75) is 275 Å². The minimum Gasteiger partial charge on any atom is -0.295 e. The van der Waals surface area contributed by atoms with Crippen LogP contribution in [0.4, 0.5) is 0 Å². The van der Waals surface area contributed by atoms with Gasteiger partial charge in [0, 0.05) is 29.5 Å². The van der Waals surface area contributed by atoms with Crippen molar-refractivity contribution in [3.63, 3.8) is 0 Å². The molecule has 0 saturated carbocycles. The topological polar surface area (TPSA) is 51.2 Å². The fourth-order valence-corrected chi connectivity index (χ4v) is 5.37. The first-order valence-electron chi connectivity index (χ1n) is 30.9. The van der Waals surface area contributed by atoms with Crippen LogP contribution in [0.1, 0.15) is 306 Å². The van der Waals surface area contributed by atoms with E-state index in [2.05, 4.69) is 157 Å². The highest BCUT2D eigenvalue weighted by Crippen LogP contribution is 2.26. The first-order chi connectivity index (χ1) is 37.6. The molecular formula is C76H134O3. The normalized spacial score (nSPS) is 8.62. The van der Waals surface area contributed by atoms with Crippen LogP contribution in [0.3, 0.4) is 0 Å². The van der Waals surface area contributed by atoms with Crippen LogP contribution in [0, 0.1) is 0 Å². The molecule has 79 heavy (non-hydrogen) atoms. The van der Waals surface area contributed by atoms with E-state index in [1.165, 1.54) is 81.8 Å². The molecule has 0 bridgehead atoms. The monoisotopic (exact) mass is 1100 g/mol. The largest absolute Gasteiger partial charge is 0.295 e. The summed E-state index contributed by atoms with van der Waals surface area (Å²) in [5, 5.41) is 0. The fraction of sp³-hybridized carbons (Fsp3) is 0.539. The molecule has 456 valence electrons. The number of hydrogen-bond acceptors (Lipinski definition) is 3. The highest BCUT2D eigenvalue weighted by atomic mass is 16.1. The summed E-state index contributed by atoms with van der Waals surface area (Å²) in [6.07, 6.45) is 15.8. The van der Waals surface area contributed by atoms with E-state index in [4.69, 9.17) is 0 Å². The van der Waals surface area contributed by atoms with Crippen molar-refractivity contribution in [2.24, 2.45) is 0 Å². The first-order valence-corrected chi connectivity index (χ1v) is 30.9. The van der Waals surface area contributed by atoms with E-state index in [0.29, 0.717) is 23.7 Å². The summed E-state index contributed by atoms with van der Waals surface area (Å²) in [6.45, 7) is 58.1. The minimum absolute atomic E-state index is 0. The van der Waals surface area contributed by atoms with Crippen molar-refractivity contribution in [1.82, 2.24) is 0 Å². The maximum Gasteiger partial charge on any atom is 0.162 e. The molecule has 0 fully saturated rings. The number of rotatable bonds is 15. The quantitative estimate of drug-likeness (QED) is 0.0596. The minimum atomic E-state index is 0. The zero-order chi connectivity index (χ0) is 62.5. The van der Waals surface area contributed by atoms with Crippen molar-refractivity contribution in [2.75, 3.05) is 0 Å². The molecule has 0 saturated heterocycles. The van der Waals surface area contributed by atoms with Crippen LogP contribution in [0.25, 0.3) is 0 Å². The van der Waals surface area contributed by atoms with E-state index in [1.807, 2.05) is 174 Å². The Hall–Kier alpha value is -5.15. The van der Waals surface area contributed by atoms with Crippen LogP contribution in [0.15, 0.2) is 165 Å². The van der Waals surface area contributed by atoms with Crippen LogP contribution in [0.5, 0.6) is 0 Å². The molecule has 0 heterocycles. The Balaban J connectivity index is -0.0000000847. The van der Waals surface area contributed by atoms with E-state index in [-0.39, 0.29) is 24.8 Å². The smallest absolute Gasteiger partial charge is 0.162 e. The third-order valence-corrected chi connectivity index (χ3v) is 11.1. The summed E-state index contributed by atoms with van der Waals surface area (Å²) < 4.78 is 0. The number of benzene rings is 5. The maximum atomic E-state index is 11.0. The van der Waals surface area contributed by atoms with Crippen LogP contribution in [-0.2, 0) is 10.8 Å². The lowest BCUT2D eigenvalue weighted by Crippen LogP contribution is -2.14. The Morgan fingerprint density at radius 1 is 0.329 bits per heavy atom. The summed E-state index contributed by atoms with van der Waals surface area (Å²) in [5.74, 6) is 0.539. The van der Waals surface area contributed by atoms with Crippen LogP contribution < -0.4 is 0 Å². The number of hydrogen-bond donors (Lipinski definition) is 0. The second kappa shape index (κ2) is 79.3. The zero-order valence-corrected chi connectivity index (χ0v) is 56.3. The summed E-state index contributed by atoms with van der Waals surface area (Å²) in [5.41, 5.74) is 5.93. The van der Waals surface area contributed by atoms with Gasteiger partial charge in [0.25, 0.3) is 0 Å². The van der Waals surface area contributed by atoms with Gasteiger partial charge in [-0.2, -0.15) is 0 Å². The average molecular weight is 1100 g/mol. The van der Waals surface area contributed by atoms with Gasteiger partial charge in [-0.25, -0.2) is 0 Å². The molecule has 0 spiro atoms. The standard InChI is InChI=1S/2C11H16.2C9H10O.C8H8O.C6H14.C5H12.C4H10.5C2H6.C2H4.CH4/c2*1-4-11(2,3)10-8-6-5-7-9-10;2*1-2-9(10)8-6-4-3-5-7-8;1-7(9)8-5-3-2-4-6-8;1-3-5-6-4-2;1-3-5-4-2;1-3-4-2;6*1-2;/h2*5-9H,4H2,1-3H3;2*3-7H,2H2,1H3;2-6H,1H3;3-6H2,1-2H3;3-5H2,1-2H3;3-4H2,1-2H3;5*1-2H3;1-2H2;1H4. The Kier molecular flexibility index (Phi) is 96.5. The van der Waals surface area contributed by atoms with Gasteiger partial charge in [0.15, 0.2) is 17.3 Å². The van der Waals surface area contributed by atoms with E-state index in [0.717, 1.165) is 16.7 Å². The van der Waals surface area contributed by atoms with Crippen LogP contribution in [0.2, 0.25) is 0 Å². The van der Waals surface area contributed by atoms with Gasteiger partial charge in [0.2, 0.25) is 0 Å². The van der Waals surface area contributed by atoms with E-state index >= 15 is 0 Å². The molecular weight excluding hydrogens is 961 g/mol. The van der Waals surface area contributed by atoms with Crippen molar-refractivity contribution < 1.29 is 14.4 Å². The molecule has 0 aliphatic carbocycles. The fourth-order valence-electron chi connectivity index (χ4n) is 5.37. The highest BCUT2D eigenvalue weighted by molar-refractivity contribution is 5.96. The lowest BCUT2D eigenvalue weighted by atomic mass is 9.82. The second-order valence-corrected chi connectivity index (χ2v) is 17.5. The van der Waals surface area contributed by atoms with E-state index in [9.17, 15) is 14.4 Å². The third kappa shape index (κ3) is 65.3. The molecule has 0 N–H and O–H groups in total. The lowest BCUT2D eigenvalue weighted by Gasteiger charge is -2.22. The van der Waals surface area contributed by atoms with E-state index < -0.39 is 0 Å². The molecule has 5 aromatic carbocycles. The Labute approximate surface area is 496 Å². The van der Waals surface area contributed by atoms with Gasteiger partial charge in [-0.15, -0.1) is 13.2 Å². The van der Waals surface area contributed by atoms with Crippen molar-refractivity contribution in [3.8, 4) is 0 Å². The van der Waals surface area contributed by atoms with Gasteiger partial charge >= 0.3 is 0 Å². The molecule has 0 aliphatic rings. The second-order valence-electron chi connectivity index (χ2n) is 17.5. The molecule has 0 radical (unpaired) electrons. The molecule has 5 rings (SSSR count). The summed E-state index contributed by atoms with van der Waals surface area (Å²) in [4.78, 5) is 32.7. The van der Waals surface area contributed by atoms with E-state index in [1.54, 1.807) is 6.92 Å². The molecule has 0 aromatic heterocycles. The molecule has 0 unspecified atom stereocenters. The molecule has 3 heteroatoms. The van der Waals surface area contributed by atoms with Crippen molar-refractivity contribution >= 4 is 17.3 Å². The molecule has 0 aliphatic heterocycles. The molecule has 5 aromatic rings. The van der Waals surface area contributed by atoms with Gasteiger partial charge in [-0.05, 0) is 41.7 Å². The van der Waals surface area contributed by atoms with Crippen molar-refractivity contribution in [1.29, 1.82) is 0 Å². The number of carbonyl (C=O) groups excluding carboxylic acids is 3. The number of Topliss-reactive ketones (excluding diaryl/α,β-unsaturated/α-hetero) is 3. The number of unbranched alkanes of at least 4 members (excludes halogenated alkanes) is 6. The summed E-state index contributed by atoms with van der Waals surface area (Å²) in [7, 11) is 0. The van der Waals surface area contributed by atoms with Gasteiger partial charge in [-0.1, -0.05) is 383 Å². The number of carbonyl (C=O) groups is 3. The average Bonchev–Trinajstić information content (AvgIpc) is 3.53. The summed E-state index contributed by atoms with van der Waals surface area (Å²) >= 11 is 0. The first kappa shape index (κ1) is 96.1. The van der Waals surface area contributed by atoms with Crippen LogP contribution >= 0.6 is 0 Å². The van der Waals surface area contributed by atoms with Gasteiger partial charge in [-0.3, -0.25) is 14.4 Å². The highest BCUT2D eigenvalue weighted by Gasteiger charge is 2.17. The van der Waals surface area contributed by atoms with Gasteiger partial charge < -0.3 is 0 Å². The molecule has 0 amide bonds. The predicted octanol–water partition coefficient (Wildman–Crippen LogP) is 26.4. The lowest BCUT2D eigenvalue weighted by molar-refractivity contribution is 0.0980. The Morgan fingerprint density at radius 2 is 0.532 bits per heavy atom. The SMILES string of the molecule is C.C=C.CC.CC.CC.CC.CC.CC(=O)c1ccccc1.CCC(=O)c1ccccc1.CCC(=O)c1ccccc1.CCC(C)(C)c1ccccc1.CCC(C)(C)c1ccccc1.CCCC.CCCCC.CCCCCC. The van der Waals surface area contributed by atoms with Crippen molar-refractivity contribution in [3.05, 3.63) is 193 Å². The Morgan fingerprint density at radius 3 is 0.671 bits per heavy atom. The predicted molar refractivity (Wildman–Crippen MR) is 368 cm³/mol. The number of ketones is 3. The Bertz CT molecular complexity index is 1700. The summed E-state index contributed by atoms with van der Waals surface area (Å²) in [6, 6.07) is 49.2. The van der Waals surface area contributed by atoms with Gasteiger partial charge in [0.1, 0.15) is 0 Å². The molecule has 0 atom stereocenters. The third-order valence-electron chi connectivity index (χ3n) is 11.1. The van der Waals surface area contributed by atoms with Crippen LogP contribution in [-0.4, -0.2) is 17.3 Å². The molecule has 3 nitrogen and oxygen atoms in total. The zero-order valence-electron chi connectivity index (χ0n) is 56.3.